The van der Waals surface area contributed by atoms with Crippen LogP contribution in [0.1, 0.15) is 19.3 Å². The van der Waals surface area contributed by atoms with E-state index in [0.717, 1.165) is 12.3 Å². The van der Waals surface area contributed by atoms with Crippen LogP contribution in [0.5, 0.6) is 6.01 Å². The van der Waals surface area contributed by atoms with Crippen molar-refractivity contribution < 1.29 is 4.74 Å². The Morgan fingerprint density at radius 2 is 2.26 bits per heavy atom. The molecule has 3 N–H and O–H groups in total. The maximum atomic E-state index is 5.54. The fraction of sp³-hybridized carbons (Fsp3) is 0.455. The number of nitrogen functional groups attached to an aromatic ring is 1. The Balaban J connectivity index is 1.76. The Kier molecular flexibility index (Phi) is 3.23. The first-order valence-electron chi connectivity index (χ1n) is 6.20. The van der Waals surface area contributed by atoms with E-state index in [0.29, 0.717) is 12.6 Å². The van der Waals surface area contributed by atoms with Gasteiger partial charge in [-0.2, -0.15) is 20.1 Å². The second-order valence-corrected chi connectivity index (χ2v) is 4.42. The molecule has 100 valence electrons. The first-order valence-corrected chi connectivity index (χ1v) is 6.20. The molecule has 1 aliphatic carbocycles. The molecule has 0 radical (unpaired) electrons. The summed E-state index contributed by atoms with van der Waals surface area (Å²) < 4.78 is 7.06. The van der Waals surface area contributed by atoms with E-state index in [4.69, 9.17) is 10.6 Å². The van der Waals surface area contributed by atoms with Crippen LogP contribution in [0.4, 0.5) is 5.95 Å². The first kappa shape index (κ1) is 11.8. The minimum Gasteiger partial charge on any atom is -0.463 e. The Morgan fingerprint density at radius 3 is 2.95 bits per heavy atom. The van der Waals surface area contributed by atoms with Gasteiger partial charge in [-0.05, 0) is 18.4 Å². The van der Waals surface area contributed by atoms with Crippen molar-refractivity contribution in [3.05, 3.63) is 18.5 Å². The van der Waals surface area contributed by atoms with Gasteiger partial charge in [-0.1, -0.05) is 12.8 Å². The van der Waals surface area contributed by atoms with Gasteiger partial charge in [0, 0.05) is 12.4 Å². The highest BCUT2D eigenvalue weighted by atomic mass is 16.5. The maximum absolute atomic E-state index is 5.54. The van der Waals surface area contributed by atoms with E-state index in [1.54, 1.807) is 18.5 Å². The quantitative estimate of drug-likeness (QED) is 0.577. The first-order chi connectivity index (χ1) is 9.35. The van der Waals surface area contributed by atoms with Gasteiger partial charge in [0.1, 0.15) is 0 Å². The summed E-state index contributed by atoms with van der Waals surface area (Å²) in [5.41, 5.74) is 2.40. The van der Waals surface area contributed by atoms with Crippen molar-refractivity contribution in [3.63, 3.8) is 0 Å². The molecule has 2 aromatic rings. The van der Waals surface area contributed by atoms with Gasteiger partial charge in [-0.3, -0.25) is 5.43 Å². The van der Waals surface area contributed by atoms with Crippen LogP contribution in [0.15, 0.2) is 18.5 Å². The van der Waals surface area contributed by atoms with Gasteiger partial charge in [-0.25, -0.2) is 10.5 Å². The second kappa shape index (κ2) is 5.19. The zero-order chi connectivity index (χ0) is 13.1. The topological polar surface area (TPSA) is 104 Å². The zero-order valence-corrected chi connectivity index (χ0v) is 10.4. The van der Waals surface area contributed by atoms with E-state index in [9.17, 15) is 0 Å². The van der Waals surface area contributed by atoms with Crippen molar-refractivity contribution in [2.75, 3.05) is 12.0 Å². The summed E-state index contributed by atoms with van der Waals surface area (Å²) in [6.07, 6.45) is 7.02. The third-order valence-electron chi connectivity index (χ3n) is 2.90. The number of nitrogens with two attached hydrogens (primary N) is 1. The lowest BCUT2D eigenvalue weighted by Crippen LogP contribution is -2.15. The molecule has 1 aliphatic rings. The summed E-state index contributed by atoms with van der Waals surface area (Å²) >= 11 is 0. The molecule has 19 heavy (non-hydrogen) atoms. The van der Waals surface area contributed by atoms with E-state index in [-0.39, 0.29) is 12.0 Å². The molecule has 8 nitrogen and oxygen atoms in total. The van der Waals surface area contributed by atoms with Gasteiger partial charge >= 0.3 is 6.01 Å². The predicted molar refractivity (Wildman–Crippen MR) is 67.6 cm³/mol. The smallest absolute Gasteiger partial charge is 0.323 e. The SMILES string of the molecule is NNc1nc(OCCC2CC2)nc(-n2cccn2)n1. The molecule has 1 saturated carbocycles. The minimum atomic E-state index is 0.252. The third-order valence-corrected chi connectivity index (χ3v) is 2.90. The number of nitrogens with one attached hydrogen (secondary N) is 1. The Bertz CT molecular complexity index is 538. The number of hydrazine groups is 1. The molecule has 0 amide bonds. The Labute approximate surface area is 110 Å². The largest absolute Gasteiger partial charge is 0.463 e. The molecule has 0 atom stereocenters. The van der Waals surface area contributed by atoms with Crippen LogP contribution >= 0.6 is 0 Å². The zero-order valence-electron chi connectivity index (χ0n) is 10.4. The van der Waals surface area contributed by atoms with E-state index >= 15 is 0 Å². The fourth-order valence-electron chi connectivity index (χ4n) is 1.69. The van der Waals surface area contributed by atoms with Crippen LogP contribution in [0.3, 0.4) is 0 Å². The predicted octanol–water partition coefficient (Wildman–Crippen LogP) is 0.522. The molecule has 8 heteroatoms. The molecule has 2 aromatic heterocycles. The standard InChI is InChI=1S/C11H15N7O/c12-17-9-14-10(18-6-1-5-13-18)16-11(15-9)19-7-4-8-2-3-8/h1,5-6,8H,2-4,7,12H2,(H,14,15,16,17). The summed E-state index contributed by atoms with van der Waals surface area (Å²) in [6, 6.07) is 2.04. The number of hydrogen-bond acceptors (Lipinski definition) is 7. The highest BCUT2D eigenvalue weighted by Gasteiger charge is 2.21. The number of hydrogen-bond donors (Lipinski definition) is 2. The molecule has 1 fully saturated rings. The van der Waals surface area contributed by atoms with E-state index in [1.807, 2.05) is 0 Å². The van der Waals surface area contributed by atoms with Crippen molar-refractivity contribution in [2.45, 2.75) is 19.3 Å². The second-order valence-electron chi connectivity index (χ2n) is 4.42. The highest BCUT2D eigenvalue weighted by molar-refractivity contribution is 5.28. The minimum absolute atomic E-state index is 0.252. The van der Waals surface area contributed by atoms with Crippen LogP contribution in [-0.2, 0) is 0 Å². The lowest BCUT2D eigenvalue weighted by atomic mass is 10.3. The number of rotatable bonds is 6. The van der Waals surface area contributed by atoms with E-state index < -0.39 is 0 Å². The molecule has 0 aromatic carbocycles. The molecule has 0 unspecified atom stereocenters. The molecular weight excluding hydrogens is 246 g/mol. The van der Waals surface area contributed by atoms with Crippen LogP contribution in [0.2, 0.25) is 0 Å². The van der Waals surface area contributed by atoms with Crippen LogP contribution < -0.4 is 16.0 Å². The van der Waals surface area contributed by atoms with Crippen molar-refractivity contribution in [1.82, 2.24) is 24.7 Å². The molecular formula is C11H15N7O. The summed E-state index contributed by atoms with van der Waals surface area (Å²) in [6.45, 7) is 0.608. The average Bonchev–Trinajstić information content (AvgIpc) is 3.09. The summed E-state index contributed by atoms with van der Waals surface area (Å²) in [5.74, 6) is 6.77. The normalized spacial score (nSPS) is 14.4. The molecule has 0 spiro atoms. The van der Waals surface area contributed by atoms with Gasteiger partial charge in [0.25, 0.3) is 5.95 Å². The number of ether oxygens (including phenoxy) is 1. The number of aromatic nitrogens is 5. The van der Waals surface area contributed by atoms with Crippen molar-refractivity contribution in [1.29, 1.82) is 0 Å². The maximum Gasteiger partial charge on any atom is 0.323 e. The van der Waals surface area contributed by atoms with Crippen molar-refractivity contribution in [2.24, 2.45) is 11.8 Å². The lowest BCUT2D eigenvalue weighted by Gasteiger charge is -2.07. The van der Waals surface area contributed by atoms with Gasteiger partial charge in [0.15, 0.2) is 0 Å². The fourth-order valence-corrected chi connectivity index (χ4v) is 1.69. The monoisotopic (exact) mass is 261 g/mol. The van der Waals surface area contributed by atoms with Crippen molar-refractivity contribution >= 4 is 5.95 Å². The van der Waals surface area contributed by atoms with Crippen LogP contribution in [-0.4, -0.2) is 31.3 Å². The lowest BCUT2D eigenvalue weighted by molar-refractivity contribution is 0.278. The highest BCUT2D eigenvalue weighted by Crippen LogP contribution is 2.32. The summed E-state index contributed by atoms with van der Waals surface area (Å²) in [5, 5.41) is 4.06. The Hall–Kier alpha value is -2.22. The van der Waals surface area contributed by atoms with Gasteiger partial charge in [-0.15, -0.1) is 0 Å². The number of anilines is 1. The van der Waals surface area contributed by atoms with Gasteiger partial charge in [0.05, 0.1) is 6.61 Å². The van der Waals surface area contributed by atoms with E-state index in [2.05, 4.69) is 25.5 Å². The number of nitrogens with zero attached hydrogens (tertiary/aromatic N) is 5. The molecule has 0 aliphatic heterocycles. The molecule has 0 saturated heterocycles. The molecule has 3 rings (SSSR count). The third kappa shape index (κ3) is 2.97. The molecule has 0 bridgehead atoms. The summed E-state index contributed by atoms with van der Waals surface area (Å²) in [7, 11) is 0. The van der Waals surface area contributed by atoms with Crippen LogP contribution in [0.25, 0.3) is 5.95 Å². The van der Waals surface area contributed by atoms with E-state index in [1.165, 1.54) is 17.5 Å². The molecule has 2 heterocycles. The summed E-state index contributed by atoms with van der Waals surface area (Å²) in [4.78, 5) is 12.4. The van der Waals surface area contributed by atoms with Gasteiger partial charge < -0.3 is 4.74 Å². The Morgan fingerprint density at radius 1 is 1.37 bits per heavy atom. The van der Waals surface area contributed by atoms with Crippen LogP contribution in [0, 0.1) is 5.92 Å². The van der Waals surface area contributed by atoms with Gasteiger partial charge in [0.2, 0.25) is 5.95 Å². The average molecular weight is 261 g/mol. The van der Waals surface area contributed by atoms with Crippen molar-refractivity contribution in [3.8, 4) is 12.0 Å².